The summed E-state index contributed by atoms with van der Waals surface area (Å²) in [5, 5.41) is 27.1. The molecule has 0 saturated heterocycles. The van der Waals surface area contributed by atoms with Crippen molar-refractivity contribution in [2.75, 3.05) is 6.61 Å². The van der Waals surface area contributed by atoms with E-state index in [1.165, 1.54) is 12.2 Å². The molecule has 108 valence electrons. The number of carbonyl (C=O) groups excluding carboxylic acids is 1. The Bertz CT molecular complexity index is 740. The minimum atomic E-state index is -0.746. The van der Waals surface area contributed by atoms with Crippen molar-refractivity contribution in [2.45, 2.75) is 6.92 Å². The summed E-state index contributed by atoms with van der Waals surface area (Å²) >= 11 is 0. The van der Waals surface area contributed by atoms with E-state index >= 15 is 0 Å². The molecule has 0 atom stereocenters. The summed E-state index contributed by atoms with van der Waals surface area (Å²) in [6, 6.07) is 12.3. The third kappa shape index (κ3) is 4.31. The topological polar surface area (TPSA) is 96.2 Å². The lowest BCUT2D eigenvalue weighted by Gasteiger charge is -2.05. The van der Waals surface area contributed by atoms with Gasteiger partial charge >= 0.3 is 5.97 Å². The molecule has 0 aliphatic rings. The zero-order valence-corrected chi connectivity index (χ0v) is 11.9. The lowest BCUT2D eigenvalue weighted by molar-refractivity contribution is -0.138. The number of benzene rings is 1. The van der Waals surface area contributed by atoms with Gasteiger partial charge in [-0.3, -0.25) is 0 Å². The van der Waals surface area contributed by atoms with Gasteiger partial charge in [-0.2, -0.15) is 10.5 Å². The standard InChI is InChI=1S/C17H12N3O2/c1-2-22-17(21)14(10-18)8-9-16(15(11-19)12-20)13-6-4-3-5-7-13/h3-9H,2H2,1H3/q-1. The van der Waals surface area contributed by atoms with Crippen molar-refractivity contribution >= 4 is 17.4 Å². The Morgan fingerprint density at radius 1 is 1.23 bits per heavy atom. The molecule has 0 saturated carbocycles. The number of allylic oxidation sites excluding steroid dienone is 4. The predicted octanol–water partition coefficient (Wildman–Crippen LogP) is 2.77. The van der Waals surface area contributed by atoms with Gasteiger partial charge in [-0.1, -0.05) is 36.4 Å². The molecule has 1 rings (SSSR count). The van der Waals surface area contributed by atoms with Crippen LogP contribution in [0.1, 0.15) is 12.5 Å². The summed E-state index contributed by atoms with van der Waals surface area (Å²) in [5.41, 5.74) is 0.662. The highest BCUT2D eigenvalue weighted by Gasteiger charge is 2.10. The zero-order chi connectivity index (χ0) is 16.4. The van der Waals surface area contributed by atoms with E-state index in [2.05, 4.69) is 0 Å². The fourth-order valence-electron chi connectivity index (χ4n) is 1.61. The van der Waals surface area contributed by atoms with Crippen molar-refractivity contribution in [1.29, 1.82) is 10.5 Å². The number of esters is 1. The molecule has 0 aliphatic heterocycles. The Morgan fingerprint density at radius 3 is 2.41 bits per heavy atom. The first-order valence-electron chi connectivity index (χ1n) is 6.40. The smallest absolute Gasteiger partial charge is 0.348 e. The number of hydrogen-bond acceptors (Lipinski definition) is 4. The van der Waals surface area contributed by atoms with Gasteiger partial charge in [0.1, 0.15) is 17.7 Å². The third-order valence-electron chi connectivity index (χ3n) is 2.61. The van der Waals surface area contributed by atoms with Gasteiger partial charge in [0.15, 0.2) is 0 Å². The predicted molar refractivity (Wildman–Crippen MR) is 82.2 cm³/mol. The van der Waals surface area contributed by atoms with Gasteiger partial charge in [0.05, 0.1) is 12.2 Å². The van der Waals surface area contributed by atoms with Crippen molar-refractivity contribution in [3.05, 3.63) is 64.6 Å². The van der Waals surface area contributed by atoms with Crippen molar-refractivity contribution in [2.24, 2.45) is 0 Å². The van der Waals surface area contributed by atoms with Crippen LogP contribution in [0.15, 0.2) is 53.6 Å². The van der Waals surface area contributed by atoms with Crippen LogP contribution in [0.2, 0.25) is 0 Å². The number of rotatable bonds is 5. The van der Waals surface area contributed by atoms with E-state index in [-0.39, 0.29) is 17.8 Å². The molecule has 0 amide bonds. The van der Waals surface area contributed by atoms with Crippen molar-refractivity contribution in [3.63, 3.8) is 0 Å². The van der Waals surface area contributed by atoms with Gasteiger partial charge in [0, 0.05) is 5.57 Å². The van der Waals surface area contributed by atoms with Crippen LogP contribution in [-0.4, -0.2) is 18.4 Å². The number of ether oxygens (including phenoxy) is 1. The Morgan fingerprint density at radius 2 is 1.91 bits per heavy atom. The van der Waals surface area contributed by atoms with Crippen LogP contribution in [0, 0.1) is 22.7 Å². The first kappa shape index (κ1) is 16.7. The van der Waals surface area contributed by atoms with Crippen LogP contribution in [0.5, 0.6) is 0 Å². The summed E-state index contributed by atoms with van der Waals surface area (Å²) in [5.74, 6) is 1.06. The molecule has 5 nitrogen and oxygen atoms in total. The second-order valence-electron chi connectivity index (χ2n) is 3.96. The first-order valence-corrected chi connectivity index (χ1v) is 6.40. The highest BCUT2D eigenvalue weighted by Crippen LogP contribution is 2.21. The fraction of sp³-hybridized carbons (Fsp3) is 0.118. The highest BCUT2D eigenvalue weighted by molar-refractivity contribution is 5.96. The van der Waals surface area contributed by atoms with E-state index in [1.807, 2.05) is 0 Å². The van der Waals surface area contributed by atoms with Crippen LogP contribution in [0.4, 0.5) is 0 Å². The molecule has 0 aromatic heterocycles. The molecule has 0 aliphatic carbocycles. The van der Waals surface area contributed by atoms with Gasteiger partial charge in [-0.15, -0.1) is 0 Å². The Labute approximate surface area is 128 Å². The van der Waals surface area contributed by atoms with Gasteiger partial charge in [0.2, 0.25) is 0 Å². The first-order chi connectivity index (χ1) is 10.7. The largest absolute Gasteiger partial charge is 0.762 e. The maximum absolute atomic E-state index is 11.6. The normalized spacial score (nSPS) is 10.9. The molecule has 1 aromatic carbocycles. The van der Waals surface area contributed by atoms with E-state index in [0.29, 0.717) is 11.1 Å². The Hall–Kier alpha value is -3.40. The molecule has 0 bridgehead atoms. The third-order valence-corrected chi connectivity index (χ3v) is 2.61. The molecule has 1 aromatic rings. The lowest BCUT2D eigenvalue weighted by atomic mass is 9.98. The number of hydrogen-bond donors (Lipinski definition) is 0. The second kappa shape index (κ2) is 8.71. The van der Waals surface area contributed by atoms with Crippen LogP contribution in [0.25, 0.3) is 11.0 Å². The number of nitriles is 2. The molecule has 0 spiro atoms. The molecule has 22 heavy (non-hydrogen) atoms. The van der Waals surface area contributed by atoms with E-state index < -0.39 is 5.97 Å². The zero-order valence-electron chi connectivity index (χ0n) is 11.9. The molecular weight excluding hydrogens is 278 g/mol. The van der Waals surface area contributed by atoms with Crippen LogP contribution in [0.3, 0.4) is 0 Å². The average Bonchev–Trinajstić information content (AvgIpc) is 2.55. The lowest BCUT2D eigenvalue weighted by Crippen LogP contribution is -2.05. The van der Waals surface area contributed by atoms with Crippen LogP contribution < -0.4 is 0 Å². The van der Waals surface area contributed by atoms with E-state index in [9.17, 15) is 4.79 Å². The Balaban J connectivity index is 3.35. The highest BCUT2D eigenvalue weighted by atomic mass is 16.5. The maximum atomic E-state index is 11.6. The Kier molecular flexibility index (Phi) is 6.59. The summed E-state index contributed by atoms with van der Waals surface area (Å²) in [7, 11) is 0. The van der Waals surface area contributed by atoms with Crippen molar-refractivity contribution in [3.8, 4) is 12.1 Å². The van der Waals surface area contributed by atoms with Gasteiger partial charge < -0.3 is 10.1 Å². The monoisotopic (exact) mass is 290 g/mol. The number of carbonyl (C=O) groups is 1. The molecule has 0 heterocycles. The van der Waals surface area contributed by atoms with Gasteiger partial charge in [-0.25, -0.2) is 10.7 Å². The van der Waals surface area contributed by atoms with Gasteiger partial charge in [-0.05, 0) is 18.6 Å². The summed E-state index contributed by atoms with van der Waals surface area (Å²) in [6.45, 7) is 1.79. The molecule has 0 fully saturated rings. The summed E-state index contributed by atoms with van der Waals surface area (Å²) in [4.78, 5) is 11.6. The molecular formula is C17H12N3O2-. The van der Waals surface area contributed by atoms with Crippen LogP contribution in [-0.2, 0) is 9.53 Å². The summed E-state index contributed by atoms with van der Waals surface area (Å²) in [6.07, 6.45) is 2.64. The van der Waals surface area contributed by atoms with E-state index in [1.54, 1.807) is 55.3 Å². The maximum Gasteiger partial charge on any atom is 0.348 e. The number of nitrogens with zero attached hydrogens (tertiary/aromatic N) is 3. The van der Waals surface area contributed by atoms with E-state index in [4.69, 9.17) is 20.7 Å². The van der Waals surface area contributed by atoms with E-state index in [0.717, 1.165) is 0 Å². The minimum absolute atomic E-state index is 0.108. The molecule has 0 unspecified atom stereocenters. The van der Waals surface area contributed by atoms with Crippen molar-refractivity contribution < 1.29 is 9.53 Å². The quantitative estimate of drug-likeness (QED) is 0.274. The van der Waals surface area contributed by atoms with Crippen molar-refractivity contribution in [1.82, 2.24) is 0 Å². The molecule has 0 radical (unpaired) electrons. The van der Waals surface area contributed by atoms with Crippen LogP contribution >= 0.6 is 0 Å². The minimum Gasteiger partial charge on any atom is -0.762 e. The van der Waals surface area contributed by atoms with Gasteiger partial charge in [0.25, 0.3) is 0 Å². The molecule has 0 N–H and O–H groups in total. The SMILES string of the molecule is CCOC(=O)C(C#N)=CC=C(C(=C=[N-])C#N)c1ccccc1. The fourth-order valence-corrected chi connectivity index (χ4v) is 1.61. The molecule has 5 heteroatoms. The summed E-state index contributed by atoms with van der Waals surface area (Å²) < 4.78 is 4.75. The average molecular weight is 290 g/mol. The second-order valence-corrected chi connectivity index (χ2v) is 3.96.